The predicted octanol–water partition coefficient (Wildman–Crippen LogP) is 1.79. The van der Waals surface area contributed by atoms with Gasteiger partial charge in [0, 0.05) is 10.9 Å². The first-order valence-electron chi connectivity index (χ1n) is 6.09. The highest BCUT2D eigenvalue weighted by atomic mass is 19.1. The Morgan fingerprint density at radius 3 is 2.95 bits per heavy atom. The zero-order chi connectivity index (χ0) is 15.4. The van der Waals surface area contributed by atoms with E-state index in [-0.39, 0.29) is 12.3 Å². The number of aryl methyl sites for hydroxylation is 1. The quantitative estimate of drug-likeness (QED) is 0.688. The Morgan fingerprint density at radius 1 is 1.48 bits per heavy atom. The molecule has 0 saturated heterocycles. The number of terminal acetylenes is 1. The highest BCUT2D eigenvalue weighted by molar-refractivity contribution is 5.96. The van der Waals surface area contributed by atoms with E-state index in [4.69, 9.17) is 15.6 Å². The number of hydrogen-bond donors (Lipinski definition) is 1. The average molecular weight is 289 g/mol. The van der Waals surface area contributed by atoms with Gasteiger partial charge in [0.2, 0.25) is 5.76 Å². The molecule has 1 amide bonds. The highest BCUT2D eigenvalue weighted by Gasteiger charge is 2.20. The largest absolute Gasteiger partial charge is 0.450 e. The molecule has 0 bridgehead atoms. The first-order valence-corrected chi connectivity index (χ1v) is 6.09. The van der Waals surface area contributed by atoms with Crippen molar-refractivity contribution in [3.8, 4) is 12.3 Å². The predicted molar refractivity (Wildman–Crippen MR) is 73.0 cm³/mol. The lowest BCUT2D eigenvalue weighted by Gasteiger charge is -2.03. The topological polar surface area (TPSA) is 68.5 Å². The maximum Gasteiger partial charge on any atom is 0.375 e. The summed E-state index contributed by atoms with van der Waals surface area (Å²) in [6, 6.07) is 3.92. The molecule has 2 rings (SSSR count). The van der Waals surface area contributed by atoms with Crippen molar-refractivity contribution < 1.29 is 23.1 Å². The number of halogens is 1. The van der Waals surface area contributed by atoms with E-state index >= 15 is 0 Å². The molecule has 108 valence electrons. The number of carbonyl (C=O) groups excluding carboxylic acids is 2. The Hall–Kier alpha value is -2.81. The number of amides is 1. The second-order valence-electron chi connectivity index (χ2n) is 4.25. The van der Waals surface area contributed by atoms with Crippen molar-refractivity contribution in [1.82, 2.24) is 5.32 Å². The van der Waals surface area contributed by atoms with Crippen molar-refractivity contribution >= 4 is 22.8 Å². The third kappa shape index (κ3) is 3.20. The zero-order valence-corrected chi connectivity index (χ0v) is 11.2. The summed E-state index contributed by atoms with van der Waals surface area (Å²) < 4.78 is 23.3. The van der Waals surface area contributed by atoms with Gasteiger partial charge in [-0.1, -0.05) is 5.92 Å². The van der Waals surface area contributed by atoms with E-state index < -0.39 is 24.3 Å². The smallest absolute Gasteiger partial charge is 0.375 e. The third-order valence-corrected chi connectivity index (χ3v) is 2.81. The van der Waals surface area contributed by atoms with Crippen molar-refractivity contribution in [3.05, 3.63) is 35.3 Å². The third-order valence-electron chi connectivity index (χ3n) is 2.81. The monoisotopic (exact) mass is 289 g/mol. The number of benzene rings is 1. The molecule has 1 aromatic heterocycles. The number of furan rings is 1. The minimum atomic E-state index is -0.792. The van der Waals surface area contributed by atoms with Crippen LogP contribution in [0.15, 0.2) is 22.6 Å². The van der Waals surface area contributed by atoms with Gasteiger partial charge < -0.3 is 14.5 Å². The van der Waals surface area contributed by atoms with Gasteiger partial charge in [0.1, 0.15) is 11.4 Å². The first kappa shape index (κ1) is 14.6. The second-order valence-corrected chi connectivity index (χ2v) is 4.25. The summed E-state index contributed by atoms with van der Waals surface area (Å²) in [6.45, 7) is 1.20. The number of carbonyl (C=O) groups is 2. The Bertz CT molecular complexity index is 742. The molecule has 0 aliphatic rings. The van der Waals surface area contributed by atoms with Gasteiger partial charge in [0.05, 0.1) is 6.54 Å². The number of fused-ring (bicyclic) bond motifs is 1. The fourth-order valence-electron chi connectivity index (χ4n) is 1.79. The molecule has 1 heterocycles. The van der Waals surface area contributed by atoms with Crippen LogP contribution in [-0.4, -0.2) is 25.0 Å². The standard InChI is InChI=1S/C15H12FNO4/c1-3-6-17-13(18)8-20-15(19)14-9(2)11-7-10(16)4-5-12(11)21-14/h1,4-5,7H,6,8H2,2H3,(H,17,18). The molecule has 0 spiro atoms. The van der Waals surface area contributed by atoms with Crippen molar-refractivity contribution in [2.45, 2.75) is 6.92 Å². The molecule has 0 saturated carbocycles. The van der Waals surface area contributed by atoms with Gasteiger partial charge in [0.25, 0.3) is 5.91 Å². The molecule has 0 unspecified atom stereocenters. The van der Waals surface area contributed by atoms with Gasteiger partial charge in [0.15, 0.2) is 6.61 Å². The second kappa shape index (κ2) is 6.09. The molecular weight excluding hydrogens is 277 g/mol. The molecule has 1 aromatic carbocycles. The van der Waals surface area contributed by atoms with Crippen molar-refractivity contribution in [1.29, 1.82) is 0 Å². The van der Waals surface area contributed by atoms with Crippen LogP contribution in [0.2, 0.25) is 0 Å². The average Bonchev–Trinajstić information content (AvgIpc) is 2.79. The SMILES string of the molecule is C#CCNC(=O)COC(=O)c1oc2ccc(F)cc2c1C. The van der Waals surface area contributed by atoms with Gasteiger partial charge in [-0.15, -0.1) is 6.42 Å². The van der Waals surface area contributed by atoms with Crippen LogP contribution in [0.3, 0.4) is 0 Å². The zero-order valence-electron chi connectivity index (χ0n) is 11.2. The molecule has 6 heteroatoms. The number of rotatable bonds is 4. The Morgan fingerprint density at radius 2 is 2.24 bits per heavy atom. The van der Waals surface area contributed by atoms with Crippen molar-refractivity contribution in [2.75, 3.05) is 13.2 Å². The van der Waals surface area contributed by atoms with Crippen LogP contribution in [0.1, 0.15) is 16.1 Å². The molecule has 0 aliphatic carbocycles. The molecule has 2 aromatic rings. The molecular formula is C15H12FNO4. The Labute approximate surface area is 120 Å². The van der Waals surface area contributed by atoms with Crippen LogP contribution in [-0.2, 0) is 9.53 Å². The van der Waals surface area contributed by atoms with Gasteiger partial charge in [-0.05, 0) is 25.1 Å². The molecule has 21 heavy (non-hydrogen) atoms. The lowest BCUT2D eigenvalue weighted by atomic mass is 10.1. The van der Waals surface area contributed by atoms with E-state index in [2.05, 4.69) is 11.2 Å². The summed E-state index contributed by atoms with van der Waals surface area (Å²) in [7, 11) is 0. The number of nitrogens with one attached hydrogen (secondary N) is 1. The van der Waals surface area contributed by atoms with E-state index in [9.17, 15) is 14.0 Å². The summed E-state index contributed by atoms with van der Waals surface area (Å²) in [6.07, 6.45) is 4.98. The number of hydrogen-bond acceptors (Lipinski definition) is 4. The van der Waals surface area contributed by atoms with Crippen LogP contribution >= 0.6 is 0 Å². The van der Waals surface area contributed by atoms with E-state index in [1.807, 2.05) is 0 Å². The fraction of sp³-hybridized carbons (Fsp3) is 0.200. The summed E-state index contributed by atoms with van der Waals surface area (Å²) in [4.78, 5) is 23.1. The highest BCUT2D eigenvalue weighted by Crippen LogP contribution is 2.26. The minimum Gasteiger partial charge on any atom is -0.450 e. The lowest BCUT2D eigenvalue weighted by Crippen LogP contribution is -2.29. The summed E-state index contributed by atoms with van der Waals surface area (Å²) in [5.74, 6) is 0.433. The van der Waals surface area contributed by atoms with E-state index in [0.717, 1.165) is 0 Å². The normalized spacial score (nSPS) is 10.1. The van der Waals surface area contributed by atoms with Gasteiger partial charge >= 0.3 is 5.97 Å². The van der Waals surface area contributed by atoms with Crippen LogP contribution in [0.4, 0.5) is 4.39 Å². The maximum atomic E-state index is 13.2. The van der Waals surface area contributed by atoms with E-state index in [0.29, 0.717) is 16.5 Å². The molecule has 0 fully saturated rings. The molecule has 1 N–H and O–H groups in total. The molecule has 0 aliphatic heterocycles. The van der Waals surface area contributed by atoms with Crippen LogP contribution < -0.4 is 5.32 Å². The summed E-state index contributed by atoms with van der Waals surface area (Å²) in [5, 5.41) is 2.84. The molecule has 5 nitrogen and oxygen atoms in total. The Kier molecular flexibility index (Phi) is 4.24. The van der Waals surface area contributed by atoms with Crippen LogP contribution in [0.25, 0.3) is 11.0 Å². The van der Waals surface area contributed by atoms with Crippen molar-refractivity contribution in [3.63, 3.8) is 0 Å². The van der Waals surface area contributed by atoms with Crippen LogP contribution in [0, 0.1) is 25.1 Å². The lowest BCUT2D eigenvalue weighted by molar-refractivity contribution is -0.124. The fourth-order valence-corrected chi connectivity index (χ4v) is 1.79. The maximum absolute atomic E-state index is 13.2. The van der Waals surface area contributed by atoms with E-state index in [1.165, 1.54) is 18.2 Å². The number of ether oxygens (including phenoxy) is 1. The van der Waals surface area contributed by atoms with Crippen LogP contribution in [0.5, 0.6) is 0 Å². The number of esters is 1. The summed E-state index contributed by atoms with van der Waals surface area (Å²) in [5.41, 5.74) is 0.830. The molecule has 0 atom stereocenters. The van der Waals surface area contributed by atoms with Gasteiger partial charge in [-0.2, -0.15) is 0 Å². The summed E-state index contributed by atoms with van der Waals surface area (Å²) >= 11 is 0. The first-order chi connectivity index (χ1) is 10.0. The van der Waals surface area contributed by atoms with Gasteiger partial charge in [-0.3, -0.25) is 4.79 Å². The molecule has 0 radical (unpaired) electrons. The van der Waals surface area contributed by atoms with Gasteiger partial charge in [-0.25, -0.2) is 9.18 Å². The van der Waals surface area contributed by atoms with E-state index in [1.54, 1.807) is 6.92 Å². The minimum absolute atomic E-state index is 0.0549. The van der Waals surface area contributed by atoms with Crippen molar-refractivity contribution in [2.24, 2.45) is 0 Å². The Balaban J connectivity index is 2.11.